The second kappa shape index (κ2) is 8.36. The van der Waals surface area contributed by atoms with E-state index in [0.717, 1.165) is 17.7 Å². The van der Waals surface area contributed by atoms with Crippen molar-refractivity contribution in [2.24, 2.45) is 0 Å². The molecule has 5 nitrogen and oxygen atoms in total. The first kappa shape index (κ1) is 14.3. The largest absolute Gasteiger partial charge is 0.496 e. The van der Waals surface area contributed by atoms with Crippen molar-refractivity contribution in [3.8, 4) is 5.75 Å². The van der Waals surface area contributed by atoms with Crippen LogP contribution in [0.2, 0.25) is 0 Å². The van der Waals surface area contributed by atoms with Gasteiger partial charge in [-0.15, -0.1) is 0 Å². The van der Waals surface area contributed by atoms with E-state index in [1.54, 1.807) is 7.11 Å². The summed E-state index contributed by atoms with van der Waals surface area (Å²) in [7, 11) is 1.63. The number of para-hydroxylation sites is 1. The van der Waals surface area contributed by atoms with Gasteiger partial charge in [0.1, 0.15) is 5.75 Å². The standard InChI is InChI=1S/C13H20N2O3/c1-18-12-6-3-2-5-11(12)7-9-15-13(17)14-8-4-10-16/h2-3,5-6,16H,4,7-10H2,1H3,(H2,14,15,17). The monoisotopic (exact) mass is 252 g/mol. The average Bonchev–Trinajstić information content (AvgIpc) is 2.39. The third-order valence-corrected chi connectivity index (χ3v) is 2.49. The molecule has 0 aliphatic heterocycles. The summed E-state index contributed by atoms with van der Waals surface area (Å²) in [5.74, 6) is 0.833. The molecule has 3 N–H and O–H groups in total. The Balaban J connectivity index is 2.26. The molecule has 0 saturated heterocycles. The van der Waals surface area contributed by atoms with E-state index in [4.69, 9.17) is 9.84 Å². The van der Waals surface area contributed by atoms with E-state index in [-0.39, 0.29) is 12.6 Å². The smallest absolute Gasteiger partial charge is 0.314 e. The SMILES string of the molecule is COc1ccccc1CCNC(=O)NCCCO. The number of methoxy groups -OCH3 is 1. The molecule has 0 aliphatic rings. The Morgan fingerprint density at radius 3 is 2.72 bits per heavy atom. The van der Waals surface area contributed by atoms with Crippen LogP contribution in [0, 0.1) is 0 Å². The third kappa shape index (κ3) is 5.05. The molecule has 0 heterocycles. The van der Waals surface area contributed by atoms with Gasteiger partial charge >= 0.3 is 6.03 Å². The van der Waals surface area contributed by atoms with Crippen LogP contribution >= 0.6 is 0 Å². The van der Waals surface area contributed by atoms with Gasteiger partial charge in [-0.3, -0.25) is 0 Å². The topological polar surface area (TPSA) is 70.6 Å². The molecule has 1 rings (SSSR count). The number of carbonyl (C=O) groups excluding carboxylic acids is 1. The zero-order valence-corrected chi connectivity index (χ0v) is 10.6. The molecule has 1 aromatic carbocycles. The van der Waals surface area contributed by atoms with E-state index in [2.05, 4.69) is 10.6 Å². The lowest BCUT2D eigenvalue weighted by Crippen LogP contribution is -2.37. The summed E-state index contributed by atoms with van der Waals surface area (Å²) in [6.45, 7) is 1.11. The lowest BCUT2D eigenvalue weighted by molar-refractivity contribution is 0.238. The lowest BCUT2D eigenvalue weighted by Gasteiger charge is -2.09. The van der Waals surface area contributed by atoms with E-state index in [0.29, 0.717) is 19.5 Å². The number of urea groups is 1. The molecule has 0 unspecified atom stereocenters. The van der Waals surface area contributed by atoms with E-state index < -0.39 is 0 Å². The molecule has 0 aromatic heterocycles. The van der Waals surface area contributed by atoms with E-state index in [1.165, 1.54) is 0 Å². The maximum Gasteiger partial charge on any atom is 0.314 e. The van der Waals surface area contributed by atoms with Crippen molar-refractivity contribution >= 4 is 6.03 Å². The molecule has 0 fully saturated rings. The second-order valence-electron chi connectivity index (χ2n) is 3.82. The number of nitrogens with one attached hydrogen (secondary N) is 2. The minimum atomic E-state index is -0.210. The average molecular weight is 252 g/mol. The van der Waals surface area contributed by atoms with Crippen molar-refractivity contribution in [2.45, 2.75) is 12.8 Å². The summed E-state index contributed by atoms with van der Waals surface area (Å²) in [5.41, 5.74) is 1.07. The predicted molar refractivity (Wildman–Crippen MR) is 69.8 cm³/mol. The van der Waals surface area contributed by atoms with Gasteiger partial charge in [-0.2, -0.15) is 0 Å². The number of aliphatic hydroxyl groups is 1. The number of rotatable bonds is 7. The van der Waals surface area contributed by atoms with Crippen LogP contribution in [-0.2, 0) is 6.42 Å². The highest BCUT2D eigenvalue weighted by Gasteiger charge is 2.02. The van der Waals surface area contributed by atoms with Crippen molar-refractivity contribution in [3.63, 3.8) is 0 Å². The third-order valence-electron chi connectivity index (χ3n) is 2.49. The molecule has 5 heteroatoms. The maximum atomic E-state index is 11.3. The number of amides is 2. The van der Waals surface area contributed by atoms with Crippen LogP contribution in [0.4, 0.5) is 4.79 Å². The Kier molecular flexibility index (Phi) is 6.64. The summed E-state index contributed by atoms with van der Waals surface area (Å²) >= 11 is 0. The summed E-state index contributed by atoms with van der Waals surface area (Å²) in [5, 5.41) is 14.0. The van der Waals surface area contributed by atoms with Crippen molar-refractivity contribution in [1.82, 2.24) is 10.6 Å². The zero-order valence-electron chi connectivity index (χ0n) is 10.6. The fourth-order valence-electron chi connectivity index (χ4n) is 1.56. The van der Waals surface area contributed by atoms with Gasteiger partial charge in [0.2, 0.25) is 0 Å². The Morgan fingerprint density at radius 2 is 2.00 bits per heavy atom. The van der Waals surface area contributed by atoms with Crippen molar-refractivity contribution in [2.75, 3.05) is 26.8 Å². The van der Waals surface area contributed by atoms with Gasteiger partial charge < -0.3 is 20.5 Å². The quantitative estimate of drug-likeness (QED) is 0.632. The first-order valence-corrected chi connectivity index (χ1v) is 6.02. The number of hydrogen-bond acceptors (Lipinski definition) is 3. The zero-order chi connectivity index (χ0) is 13.2. The fraction of sp³-hybridized carbons (Fsp3) is 0.462. The van der Waals surface area contributed by atoms with Crippen LogP contribution in [0.1, 0.15) is 12.0 Å². The number of aliphatic hydroxyl groups excluding tert-OH is 1. The summed E-state index contributed by atoms with van der Waals surface area (Å²) in [6.07, 6.45) is 1.29. The van der Waals surface area contributed by atoms with Crippen LogP contribution < -0.4 is 15.4 Å². The second-order valence-corrected chi connectivity index (χ2v) is 3.82. The van der Waals surface area contributed by atoms with E-state index in [1.807, 2.05) is 24.3 Å². The molecule has 0 radical (unpaired) electrons. The van der Waals surface area contributed by atoms with Crippen LogP contribution in [0.3, 0.4) is 0 Å². The summed E-state index contributed by atoms with van der Waals surface area (Å²) in [4.78, 5) is 11.3. The molecular weight excluding hydrogens is 232 g/mol. The van der Waals surface area contributed by atoms with Crippen LogP contribution in [-0.4, -0.2) is 37.9 Å². The highest BCUT2D eigenvalue weighted by atomic mass is 16.5. The van der Waals surface area contributed by atoms with Gasteiger partial charge in [0.15, 0.2) is 0 Å². The Labute approximate surface area is 107 Å². The molecule has 0 bridgehead atoms. The Morgan fingerprint density at radius 1 is 1.28 bits per heavy atom. The lowest BCUT2D eigenvalue weighted by atomic mass is 10.1. The maximum absolute atomic E-state index is 11.3. The summed E-state index contributed by atoms with van der Waals surface area (Å²) < 4.78 is 5.23. The van der Waals surface area contributed by atoms with Gasteiger partial charge in [0.25, 0.3) is 0 Å². The normalized spacial score (nSPS) is 9.89. The minimum Gasteiger partial charge on any atom is -0.496 e. The molecule has 2 amide bonds. The minimum absolute atomic E-state index is 0.0848. The van der Waals surface area contributed by atoms with Crippen molar-refractivity contribution < 1.29 is 14.6 Å². The van der Waals surface area contributed by atoms with E-state index >= 15 is 0 Å². The molecular formula is C13H20N2O3. The molecule has 100 valence electrons. The number of carbonyl (C=O) groups is 1. The summed E-state index contributed by atoms with van der Waals surface area (Å²) in [6, 6.07) is 7.52. The highest BCUT2D eigenvalue weighted by Crippen LogP contribution is 2.16. The van der Waals surface area contributed by atoms with Gasteiger partial charge in [-0.05, 0) is 24.5 Å². The van der Waals surface area contributed by atoms with E-state index in [9.17, 15) is 4.79 Å². The number of ether oxygens (including phenoxy) is 1. The Bertz CT molecular complexity index is 369. The van der Waals surface area contributed by atoms with Crippen molar-refractivity contribution in [3.05, 3.63) is 29.8 Å². The predicted octanol–water partition coefficient (Wildman–Crippen LogP) is 0.919. The first-order chi connectivity index (χ1) is 8.77. The first-order valence-electron chi connectivity index (χ1n) is 6.02. The number of benzene rings is 1. The van der Waals surface area contributed by atoms with Gasteiger partial charge in [-0.1, -0.05) is 18.2 Å². The van der Waals surface area contributed by atoms with Crippen molar-refractivity contribution in [1.29, 1.82) is 0 Å². The number of hydrogen-bond donors (Lipinski definition) is 3. The van der Waals surface area contributed by atoms with Crippen LogP contribution in [0.5, 0.6) is 5.75 Å². The molecule has 18 heavy (non-hydrogen) atoms. The van der Waals surface area contributed by atoms with Gasteiger partial charge in [0, 0.05) is 19.7 Å². The molecule has 0 aliphatic carbocycles. The van der Waals surface area contributed by atoms with Gasteiger partial charge in [0.05, 0.1) is 7.11 Å². The highest BCUT2D eigenvalue weighted by molar-refractivity contribution is 5.73. The van der Waals surface area contributed by atoms with Gasteiger partial charge in [-0.25, -0.2) is 4.79 Å². The molecule has 0 atom stereocenters. The van der Waals surface area contributed by atoms with Crippen LogP contribution in [0.25, 0.3) is 0 Å². The fourth-order valence-corrected chi connectivity index (χ4v) is 1.56. The molecule has 0 saturated carbocycles. The van der Waals surface area contributed by atoms with Crippen LogP contribution in [0.15, 0.2) is 24.3 Å². The molecule has 0 spiro atoms. The Hall–Kier alpha value is -1.75. The molecule has 1 aromatic rings.